The maximum absolute atomic E-state index is 13.1. The summed E-state index contributed by atoms with van der Waals surface area (Å²) in [7, 11) is 0. The minimum absolute atomic E-state index is 0. The molecule has 2 rings (SSSR count). The minimum Gasteiger partial charge on any atom is -0.349 e. The summed E-state index contributed by atoms with van der Waals surface area (Å²) in [5.74, 6) is -1.93. The standard InChI is InChI=1S/C14H18F2N2O.ClH/c1-9(11-3-2-6-17-8-11)18-14(19)10-4-5-12(15)13(16)7-10;/h4-5,7,9,11,17H,2-3,6,8H2,1H3,(H,18,19);1H. The summed E-state index contributed by atoms with van der Waals surface area (Å²) in [6.07, 6.45) is 2.16. The first-order chi connectivity index (χ1) is 9.08. The van der Waals surface area contributed by atoms with Gasteiger partial charge in [-0.05, 0) is 57.0 Å². The molecule has 1 aliphatic heterocycles. The number of hydrogen-bond donors (Lipinski definition) is 2. The van der Waals surface area contributed by atoms with Gasteiger partial charge in [0.1, 0.15) is 0 Å². The molecule has 112 valence electrons. The fraction of sp³-hybridized carbons (Fsp3) is 0.500. The molecule has 2 atom stereocenters. The van der Waals surface area contributed by atoms with Crippen molar-refractivity contribution in [2.75, 3.05) is 13.1 Å². The minimum atomic E-state index is -1.00. The molecule has 1 aromatic rings. The maximum atomic E-state index is 13.1. The quantitative estimate of drug-likeness (QED) is 0.901. The Balaban J connectivity index is 0.00000200. The Labute approximate surface area is 123 Å². The van der Waals surface area contributed by atoms with E-state index in [9.17, 15) is 13.6 Å². The second kappa shape index (κ2) is 7.55. The third-order valence-electron chi connectivity index (χ3n) is 3.58. The number of amides is 1. The average molecular weight is 305 g/mol. The third kappa shape index (κ3) is 4.15. The van der Waals surface area contributed by atoms with Crippen molar-refractivity contribution in [2.45, 2.75) is 25.8 Å². The maximum Gasteiger partial charge on any atom is 0.251 e. The molecule has 1 amide bonds. The van der Waals surface area contributed by atoms with Gasteiger partial charge in [0.25, 0.3) is 5.91 Å². The van der Waals surface area contributed by atoms with Crippen molar-refractivity contribution < 1.29 is 13.6 Å². The van der Waals surface area contributed by atoms with Crippen LogP contribution < -0.4 is 10.6 Å². The molecule has 1 heterocycles. The van der Waals surface area contributed by atoms with Crippen molar-refractivity contribution in [1.82, 2.24) is 10.6 Å². The Morgan fingerprint density at radius 1 is 1.40 bits per heavy atom. The van der Waals surface area contributed by atoms with E-state index in [-0.39, 0.29) is 29.9 Å². The molecule has 1 fully saturated rings. The van der Waals surface area contributed by atoms with Crippen LogP contribution in [0.4, 0.5) is 8.78 Å². The van der Waals surface area contributed by atoms with Crippen LogP contribution in [0.5, 0.6) is 0 Å². The van der Waals surface area contributed by atoms with Crippen LogP contribution in [-0.4, -0.2) is 25.0 Å². The fourth-order valence-corrected chi connectivity index (χ4v) is 2.35. The topological polar surface area (TPSA) is 41.1 Å². The number of piperidine rings is 1. The van der Waals surface area contributed by atoms with Gasteiger partial charge in [0, 0.05) is 11.6 Å². The van der Waals surface area contributed by atoms with Gasteiger partial charge in [0.05, 0.1) is 0 Å². The van der Waals surface area contributed by atoms with Gasteiger partial charge in [0.15, 0.2) is 11.6 Å². The van der Waals surface area contributed by atoms with E-state index in [4.69, 9.17) is 0 Å². The van der Waals surface area contributed by atoms with E-state index >= 15 is 0 Å². The highest BCUT2D eigenvalue weighted by molar-refractivity contribution is 5.94. The van der Waals surface area contributed by atoms with Gasteiger partial charge in [-0.3, -0.25) is 4.79 Å². The van der Waals surface area contributed by atoms with E-state index in [0.717, 1.165) is 38.1 Å². The first-order valence-electron chi connectivity index (χ1n) is 6.54. The average Bonchev–Trinajstić information content (AvgIpc) is 2.42. The Morgan fingerprint density at radius 3 is 2.75 bits per heavy atom. The Bertz CT molecular complexity index is 464. The van der Waals surface area contributed by atoms with Crippen molar-refractivity contribution >= 4 is 18.3 Å². The van der Waals surface area contributed by atoms with Crippen LogP contribution >= 0.6 is 12.4 Å². The summed E-state index contributed by atoms with van der Waals surface area (Å²) in [5, 5.41) is 6.13. The Morgan fingerprint density at radius 2 is 2.15 bits per heavy atom. The largest absolute Gasteiger partial charge is 0.349 e. The number of carbonyl (C=O) groups is 1. The van der Waals surface area contributed by atoms with Crippen LogP contribution in [0.1, 0.15) is 30.1 Å². The van der Waals surface area contributed by atoms with E-state index in [0.29, 0.717) is 5.92 Å². The number of hydrogen-bond acceptors (Lipinski definition) is 2. The van der Waals surface area contributed by atoms with Crippen LogP contribution in [0.15, 0.2) is 18.2 Å². The number of carbonyl (C=O) groups excluding carboxylic acids is 1. The van der Waals surface area contributed by atoms with Crippen LogP contribution in [0, 0.1) is 17.6 Å². The zero-order valence-electron chi connectivity index (χ0n) is 11.3. The van der Waals surface area contributed by atoms with Crippen LogP contribution in [-0.2, 0) is 0 Å². The van der Waals surface area contributed by atoms with Crippen molar-refractivity contribution in [3.63, 3.8) is 0 Å². The van der Waals surface area contributed by atoms with Crippen LogP contribution in [0.2, 0.25) is 0 Å². The summed E-state index contributed by atoms with van der Waals surface area (Å²) in [5.41, 5.74) is 0.148. The smallest absolute Gasteiger partial charge is 0.251 e. The lowest BCUT2D eigenvalue weighted by atomic mass is 9.92. The molecule has 3 nitrogen and oxygen atoms in total. The van der Waals surface area contributed by atoms with Crippen molar-refractivity contribution in [1.29, 1.82) is 0 Å². The molecule has 1 aromatic carbocycles. The van der Waals surface area contributed by atoms with Crippen molar-refractivity contribution in [3.05, 3.63) is 35.4 Å². The van der Waals surface area contributed by atoms with Gasteiger partial charge >= 0.3 is 0 Å². The fourth-order valence-electron chi connectivity index (χ4n) is 2.35. The predicted molar refractivity (Wildman–Crippen MR) is 76.1 cm³/mol. The zero-order chi connectivity index (χ0) is 13.8. The number of halogens is 3. The van der Waals surface area contributed by atoms with Gasteiger partial charge in [-0.1, -0.05) is 0 Å². The number of benzene rings is 1. The third-order valence-corrected chi connectivity index (χ3v) is 3.58. The molecular formula is C14H19ClF2N2O. The van der Waals surface area contributed by atoms with Gasteiger partial charge in [-0.15, -0.1) is 12.4 Å². The summed E-state index contributed by atoms with van der Waals surface area (Å²) in [6.45, 7) is 3.83. The van der Waals surface area contributed by atoms with E-state index in [1.165, 1.54) is 6.07 Å². The molecule has 0 radical (unpaired) electrons. The molecule has 0 aromatic heterocycles. The summed E-state index contributed by atoms with van der Waals surface area (Å²) in [6, 6.07) is 3.20. The van der Waals surface area contributed by atoms with Crippen LogP contribution in [0.25, 0.3) is 0 Å². The SMILES string of the molecule is CC(NC(=O)c1ccc(F)c(F)c1)C1CCCNC1.Cl. The highest BCUT2D eigenvalue weighted by Crippen LogP contribution is 2.15. The van der Waals surface area contributed by atoms with E-state index < -0.39 is 11.6 Å². The Hall–Kier alpha value is -1.20. The van der Waals surface area contributed by atoms with E-state index in [1.54, 1.807) is 0 Å². The molecule has 0 spiro atoms. The normalized spacial score (nSPS) is 19.9. The monoisotopic (exact) mass is 304 g/mol. The van der Waals surface area contributed by atoms with Gasteiger partial charge in [-0.2, -0.15) is 0 Å². The van der Waals surface area contributed by atoms with E-state index in [1.807, 2.05) is 6.92 Å². The van der Waals surface area contributed by atoms with Crippen molar-refractivity contribution in [2.24, 2.45) is 5.92 Å². The summed E-state index contributed by atoms with van der Waals surface area (Å²) in [4.78, 5) is 11.9. The second-order valence-electron chi connectivity index (χ2n) is 5.00. The molecule has 20 heavy (non-hydrogen) atoms. The molecule has 0 saturated carbocycles. The first-order valence-corrected chi connectivity index (χ1v) is 6.54. The first kappa shape index (κ1) is 16.9. The highest BCUT2D eigenvalue weighted by atomic mass is 35.5. The lowest BCUT2D eigenvalue weighted by Crippen LogP contribution is -2.44. The number of rotatable bonds is 3. The molecule has 6 heteroatoms. The highest BCUT2D eigenvalue weighted by Gasteiger charge is 2.22. The zero-order valence-corrected chi connectivity index (χ0v) is 12.1. The van der Waals surface area contributed by atoms with Crippen molar-refractivity contribution in [3.8, 4) is 0 Å². The molecule has 1 aliphatic rings. The summed E-state index contributed by atoms with van der Waals surface area (Å²) >= 11 is 0. The predicted octanol–water partition coefficient (Wildman–Crippen LogP) is 2.50. The van der Waals surface area contributed by atoms with Gasteiger partial charge < -0.3 is 10.6 Å². The molecule has 1 saturated heterocycles. The molecular weight excluding hydrogens is 286 g/mol. The Kier molecular flexibility index (Phi) is 6.36. The molecule has 2 N–H and O–H groups in total. The van der Waals surface area contributed by atoms with E-state index in [2.05, 4.69) is 10.6 Å². The summed E-state index contributed by atoms with van der Waals surface area (Å²) < 4.78 is 25.9. The molecule has 0 aliphatic carbocycles. The number of nitrogens with one attached hydrogen (secondary N) is 2. The lowest BCUT2D eigenvalue weighted by Gasteiger charge is -2.28. The van der Waals surface area contributed by atoms with Gasteiger partial charge in [-0.25, -0.2) is 8.78 Å². The molecule has 2 unspecified atom stereocenters. The molecule has 0 bridgehead atoms. The van der Waals surface area contributed by atoms with Crippen LogP contribution in [0.3, 0.4) is 0 Å². The second-order valence-corrected chi connectivity index (χ2v) is 5.00. The van der Waals surface area contributed by atoms with Gasteiger partial charge in [0.2, 0.25) is 0 Å². The lowest BCUT2D eigenvalue weighted by molar-refractivity contribution is 0.0921.